The second-order valence-corrected chi connectivity index (χ2v) is 5.87. The molecule has 0 spiro atoms. The van der Waals surface area contributed by atoms with Gasteiger partial charge in [-0.25, -0.2) is 0 Å². The van der Waals surface area contributed by atoms with E-state index in [4.69, 9.17) is 14.7 Å². The third-order valence-corrected chi connectivity index (χ3v) is 3.23. The van der Waals surface area contributed by atoms with Gasteiger partial charge >= 0.3 is 0 Å². The predicted octanol–water partition coefficient (Wildman–Crippen LogP) is 2.43. The Morgan fingerprint density at radius 1 is 1.48 bits per heavy atom. The van der Waals surface area contributed by atoms with Gasteiger partial charge in [0.15, 0.2) is 11.5 Å². The van der Waals surface area contributed by atoms with E-state index >= 15 is 0 Å². The molecule has 3 N–H and O–H groups in total. The zero-order chi connectivity index (χ0) is 15.5. The second-order valence-electron chi connectivity index (χ2n) is 5.87. The molecule has 6 heteroatoms. The van der Waals surface area contributed by atoms with E-state index in [0.29, 0.717) is 24.0 Å². The Balaban J connectivity index is 2.10. The van der Waals surface area contributed by atoms with Crippen LogP contribution in [0.15, 0.2) is 33.4 Å². The van der Waals surface area contributed by atoms with Crippen molar-refractivity contribution in [3.8, 4) is 11.5 Å². The molecule has 1 unspecified atom stereocenters. The molecule has 0 saturated carbocycles. The third kappa shape index (κ3) is 3.72. The minimum atomic E-state index is -0.463. The molecule has 0 aliphatic heterocycles. The summed E-state index contributed by atoms with van der Waals surface area (Å²) in [5, 5.41) is 6.71. The molecule has 0 aliphatic rings. The lowest BCUT2D eigenvalue weighted by Crippen LogP contribution is -2.52. The van der Waals surface area contributed by atoms with E-state index in [2.05, 4.69) is 24.3 Å². The number of nitrogens with two attached hydrogens (primary N) is 1. The molecule has 0 aromatic carbocycles. The molecule has 2 aromatic heterocycles. The number of nitrogens with one attached hydrogen (secondary N) is 1. The van der Waals surface area contributed by atoms with E-state index in [0.717, 1.165) is 6.42 Å². The van der Waals surface area contributed by atoms with Gasteiger partial charge in [0.2, 0.25) is 5.76 Å². The summed E-state index contributed by atoms with van der Waals surface area (Å²) in [6.45, 7) is 6.47. The van der Waals surface area contributed by atoms with Crippen LogP contribution in [0.3, 0.4) is 0 Å². The molecule has 2 aromatic rings. The number of carbonyl (C=O) groups is 1. The Morgan fingerprint density at radius 2 is 2.24 bits per heavy atom. The smallest absolute Gasteiger partial charge is 0.273 e. The van der Waals surface area contributed by atoms with Crippen LogP contribution in [0.5, 0.6) is 0 Å². The lowest BCUT2D eigenvalue weighted by Gasteiger charge is -2.30. The van der Waals surface area contributed by atoms with Crippen molar-refractivity contribution >= 4 is 5.91 Å². The highest BCUT2D eigenvalue weighted by molar-refractivity contribution is 5.93. The summed E-state index contributed by atoms with van der Waals surface area (Å²) < 4.78 is 10.3. The maximum Gasteiger partial charge on any atom is 0.273 e. The summed E-state index contributed by atoms with van der Waals surface area (Å²) >= 11 is 0. The zero-order valence-corrected chi connectivity index (χ0v) is 12.6. The van der Waals surface area contributed by atoms with E-state index < -0.39 is 5.54 Å². The molecule has 0 radical (unpaired) electrons. The summed E-state index contributed by atoms with van der Waals surface area (Å²) in [5.74, 6) is 1.08. The number of aromatic nitrogens is 1. The van der Waals surface area contributed by atoms with Crippen LogP contribution in [0.25, 0.3) is 11.5 Å². The first kappa shape index (κ1) is 15.3. The Morgan fingerprint density at radius 3 is 2.81 bits per heavy atom. The van der Waals surface area contributed by atoms with Gasteiger partial charge in [-0.2, -0.15) is 0 Å². The predicted molar refractivity (Wildman–Crippen MR) is 78.6 cm³/mol. The Bertz CT molecular complexity index is 589. The summed E-state index contributed by atoms with van der Waals surface area (Å²) in [7, 11) is 0. The molecular formula is C15H21N3O3. The highest BCUT2D eigenvalue weighted by Gasteiger charge is 2.27. The molecule has 1 amide bonds. The summed E-state index contributed by atoms with van der Waals surface area (Å²) in [4.78, 5) is 12.3. The topological polar surface area (TPSA) is 94.3 Å². The van der Waals surface area contributed by atoms with Crippen LogP contribution in [0.4, 0.5) is 0 Å². The summed E-state index contributed by atoms with van der Waals surface area (Å²) in [5.41, 5.74) is 5.54. The molecule has 1 atom stereocenters. The van der Waals surface area contributed by atoms with Gasteiger partial charge < -0.3 is 20.0 Å². The van der Waals surface area contributed by atoms with Crippen LogP contribution in [-0.4, -0.2) is 23.1 Å². The van der Waals surface area contributed by atoms with Gasteiger partial charge in [0, 0.05) is 12.6 Å². The van der Waals surface area contributed by atoms with Gasteiger partial charge in [-0.15, -0.1) is 0 Å². The normalized spacial score (nSPS) is 14.1. The largest absolute Gasteiger partial charge is 0.461 e. The van der Waals surface area contributed by atoms with E-state index in [1.54, 1.807) is 18.2 Å². The molecule has 0 bridgehead atoms. The first-order valence-corrected chi connectivity index (χ1v) is 6.97. The molecule has 2 heterocycles. The highest BCUT2D eigenvalue weighted by atomic mass is 16.5. The molecular weight excluding hydrogens is 270 g/mol. The van der Waals surface area contributed by atoms with Crippen LogP contribution in [0, 0.1) is 5.92 Å². The molecule has 0 fully saturated rings. The summed E-state index contributed by atoms with van der Waals surface area (Å²) in [6.07, 6.45) is 2.32. The maximum atomic E-state index is 12.3. The maximum absolute atomic E-state index is 12.3. The number of amides is 1. The molecule has 0 aliphatic carbocycles. The average Bonchev–Trinajstić information content (AvgIpc) is 3.08. The molecule has 21 heavy (non-hydrogen) atoms. The van der Waals surface area contributed by atoms with Crippen molar-refractivity contribution in [3.63, 3.8) is 0 Å². The van der Waals surface area contributed by atoms with Crippen molar-refractivity contribution < 1.29 is 13.7 Å². The standard InChI is InChI=1S/C15H21N3O3/c1-10(2)8-15(3,9-16)17-14(19)11-7-13(21-18-11)12-5-4-6-20-12/h4-7,10H,8-9,16H2,1-3H3,(H,17,19). The van der Waals surface area contributed by atoms with Gasteiger partial charge in [-0.3, -0.25) is 4.79 Å². The van der Waals surface area contributed by atoms with Gasteiger partial charge in [0.25, 0.3) is 5.91 Å². The number of furan rings is 1. The highest BCUT2D eigenvalue weighted by Crippen LogP contribution is 2.21. The van der Waals surface area contributed by atoms with Crippen LogP contribution in [-0.2, 0) is 0 Å². The zero-order valence-electron chi connectivity index (χ0n) is 12.6. The van der Waals surface area contributed by atoms with Crippen LogP contribution < -0.4 is 11.1 Å². The van der Waals surface area contributed by atoms with Crippen molar-refractivity contribution in [2.24, 2.45) is 11.7 Å². The van der Waals surface area contributed by atoms with E-state index in [1.165, 1.54) is 6.26 Å². The average molecular weight is 291 g/mol. The minimum Gasteiger partial charge on any atom is -0.461 e. The van der Waals surface area contributed by atoms with Gasteiger partial charge in [-0.05, 0) is 31.4 Å². The van der Waals surface area contributed by atoms with Crippen molar-refractivity contribution in [2.75, 3.05) is 6.54 Å². The first-order valence-electron chi connectivity index (χ1n) is 6.97. The van der Waals surface area contributed by atoms with Gasteiger partial charge in [0.05, 0.1) is 11.8 Å². The Hall–Kier alpha value is -2.08. The second kappa shape index (κ2) is 6.13. The number of hydrogen-bond acceptors (Lipinski definition) is 5. The minimum absolute atomic E-state index is 0.213. The van der Waals surface area contributed by atoms with Crippen molar-refractivity contribution in [3.05, 3.63) is 30.2 Å². The fraction of sp³-hybridized carbons (Fsp3) is 0.467. The fourth-order valence-corrected chi connectivity index (χ4v) is 2.34. The van der Waals surface area contributed by atoms with Crippen molar-refractivity contribution in [2.45, 2.75) is 32.7 Å². The van der Waals surface area contributed by atoms with Crippen molar-refractivity contribution in [1.82, 2.24) is 10.5 Å². The molecule has 6 nitrogen and oxygen atoms in total. The van der Waals surface area contributed by atoms with E-state index in [1.807, 2.05) is 6.92 Å². The summed E-state index contributed by atoms with van der Waals surface area (Å²) in [6, 6.07) is 5.04. The lowest BCUT2D eigenvalue weighted by molar-refractivity contribution is 0.0889. The number of hydrogen-bond donors (Lipinski definition) is 2. The number of carbonyl (C=O) groups excluding carboxylic acids is 1. The lowest BCUT2D eigenvalue weighted by atomic mass is 9.90. The Kier molecular flexibility index (Phi) is 4.47. The van der Waals surface area contributed by atoms with E-state index in [-0.39, 0.29) is 11.6 Å². The SMILES string of the molecule is CC(C)CC(C)(CN)NC(=O)c1cc(-c2ccco2)on1. The van der Waals surface area contributed by atoms with Crippen LogP contribution in [0.1, 0.15) is 37.7 Å². The van der Waals surface area contributed by atoms with Gasteiger partial charge in [0.1, 0.15) is 0 Å². The molecule has 2 rings (SSSR count). The van der Waals surface area contributed by atoms with Crippen LogP contribution >= 0.6 is 0 Å². The van der Waals surface area contributed by atoms with E-state index in [9.17, 15) is 4.79 Å². The first-order chi connectivity index (χ1) is 9.93. The third-order valence-electron chi connectivity index (χ3n) is 3.23. The fourth-order valence-electron chi connectivity index (χ4n) is 2.34. The molecule has 114 valence electrons. The van der Waals surface area contributed by atoms with Crippen LogP contribution in [0.2, 0.25) is 0 Å². The van der Waals surface area contributed by atoms with Crippen molar-refractivity contribution in [1.29, 1.82) is 0 Å². The molecule has 0 saturated heterocycles. The Labute approximate surface area is 123 Å². The monoisotopic (exact) mass is 291 g/mol. The number of nitrogens with zero attached hydrogens (tertiary/aromatic N) is 1. The number of rotatable bonds is 6. The van der Waals surface area contributed by atoms with Gasteiger partial charge in [-0.1, -0.05) is 19.0 Å². The quantitative estimate of drug-likeness (QED) is 0.852.